The fourth-order valence-electron chi connectivity index (χ4n) is 2.11. The average molecular weight is 285 g/mol. The molecule has 0 spiro atoms. The summed E-state index contributed by atoms with van der Waals surface area (Å²) in [6.07, 6.45) is 3.58. The smallest absolute Gasteiger partial charge is 0.210 e. The van der Waals surface area contributed by atoms with E-state index in [1.165, 1.54) is 12.8 Å². The van der Waals surface area contributed by atoms with E-state index >= 15 is 0 Å². The molecule has 1 aliphatic rings. The maximum atomic E-state index is 12.2. The molecule has 0 amide bonds. The van der Waals surface area contributed by atoms with Crippen LogP contribution in [0.2, 0.25) is 0 Å². The van der Waals surface area contributed by atoms with Crippen molar-refractivity contribution in [3.05, 3.63) is 29.8 Å². The zero-order valence-electron chi connectivity index (χ0n) is 10.6. The number of nitrogens with one attached hydrogen (secondary N) is 1. The monoisotopic (exact) mass is 285 g/mol. The summed E-state index contributed by atoms with van der Waals surface area (Å²) in [5.74, 6) is 1.15. The fourth-order valence-corrected chi connectivity index (χ4v) is 4.78. The van der Waals surface area contributed by atoms with Gasteiger partial charge in [-0.2, -0.15) is 11.8 Å². The number of benzene rings is 1. The van der Waals surface area contributed by atoms with Crippen LogP contribution in [0.4, 0.5) is 0 Å². The largest absolute Gasteiger partial charge is 0.240 e. The summed E-state index contributed by atoms with van der Waals surface area (Å²) in [4.78, 5) is 0.394. The quantitative estimate of drug-likeness (QED) is 0.925. The van der Waals surface area contributed by atoms with Gasteiger partial charge in [-0.3, -0.25) is 0 Å². The second-order valence-corrected chi connectivity index (χ2v) is 7.75. The lowest BCUT2D eigenvalue weighted by Crippen LogP contribution is -2.32. The molecular formula is C13H19NO2S2. The van der Waals surface area contributed by atoms with E-state index in [1.807, 2.05) is 30.8 Å². The third kappa shape index (κ3) is 3.49. The molecule has 1 aromatic rings. The molecule has 0 radical (unpaired) electrons. The first-order valence-electron chi connectivity index (χ1n) is 6.26. The van der Waals surface area contributed by atoms with Crippen molar-refractivity contribution in [1.29, 1.82) is 0 Å². The zero-order valence-corrected chi connectivity index (χ0v) is 12.2. The van der Waals surface area contributed by atoms with Gasteiger partial charge in [-0.15, -0.1) is 0 Å². The minimum Gasteiger partial charge on any atom is -0.210 e. The number of aryl methyl sites for hydroxylation is 1. The lowest BCUT2D eigenvalue weighted by atomic mass is 10.2. The molecule has 0 bridgehead atoms. The highest BCUT2D eigenvalue weighted by Crippen LogP contribution is 2.25. The van der Waals surface area contributed by atoms with Gasteiger partial charge in [0.05, 0.1) is 4.90 Å². The van der Waals surface area contributed by atoms with Crippen LogP contribution in [0, 0.1) is 6.92 Å². The summed E-state index contributed by atoms with van der Waals surface area (Å²) in [6, 6.07) is 7.10. The van der Waals surface area contributed by atoms with E-state index in [2.05, 4.69) is 4.72 Å². The Labute approximate surface area is 113 Å². The molecule has 1 aromatic carbocycles. The Hall–Kier alpha value is -0.520. The van der Waals surface area contributed by atoms with Gasteiger partial charge in [-0.25, -0.2) is 13.1 Å². The van der Waals surface area contributed by atoms with Crippen LogP contribution in [0.15, 0.2) is 29.2 Å². The van der Waals surface area contributed by atoms with Crippen molar-refractivity contribution in [3.8, 4) is 0 Å². The van der Waals surface area contributed by atoms with Gasteiger partial charge < -0.3 is 0 Å². The van der Waals surface area contributed by atoms with Crippen LogP contribution >= 0.6 is 11.8 Å². The topological polar surface area (TPSA) is 46.2 Å². The maximum Gasteiger partial charge on any atom is 0.240 e. The molecule has 1 atom stereocenters. The van der Waals surface area contributed by atoms with Crippen molar-refractivity contribution in [1.82, 2.24) is 4.72 Å². The van der Waals surface area contributed by atoms with E-state index in [1.54, 1.807) is 12.1 Å². The van der Waals surface area contributed by atoms with Crippen molar-refractivity contribution in [3.63, 3.8) is 0 Å². The van der Waals surface area contributed by atoms with Crippen molar-refractivity contribution < 1.29 is 8.42 Å². The Morgan fingerprint density at radius 1 is 1.33 bits per heavy atom. The van der Waals surface area contributed by atoms with E-state index in [0.717, 1.165) is 17.7 Å². The highest BCUT2D eigenvalue weighted by atomic mass is 32.2. The lowest BCUT2D eigenvalue weighted by molar-refractivity contribution is 0.573. The predicted octanol–water partition coefficient (Wildman–Crippen LogP) is 2.56. The molecule has 18 heavy (non-hydrogen) atoms. The molecule has 0 aliphatic carbocycles. The summed E-state index contributed by atoms with van der Waals surface area (Å²) in [6.45, 7) is 2.37. The Kier molecular flexibility index (Phi) is 4.70. The van der Waals surface area contributed by atoms with E-state index in [-0.39, 0.29) is 0 Å². The van der Waals surface area contributed by atoms with Crippen LogP contribution in [-0.2, 0) is 10.0 Å². The number of thioether (sulfide) groups is 1. The highest BCUT2D eigenvalue weighted by molar-refractivity contribution is 8.00. The molecule has 2 rings (SSSR count). The van der Waals surface area contributed by atoms with E-state index < -0.39 is 10.0 Å². The molecule has 1 N–H and O–H groups in total. The second kappa shape index (κ2) is 6.08. The molecule has 1 saturated heterocycles. The van der Waals surface area contributed by atoms with Gasteiger partial charge in [0.15, 0.2) is 0 Å². The number of sulfonamides is 1. The summed E-state index contributed by atoms with van der Waals surface area (Å²) in [5.41, 5.74) is 0.793. The van der Waals surface area contributed by atoms with Gasteiger partial charge in [-0.1, -0.05) is 24.6 Å². The van der Waals surface area contributed by atoms with Gasteiger partial charge >= 0.3 is 0 Å². The van der Waals surface area contributed by atoms with Crippen LogP contribution in [0.1, 0.15) is 24.8 Å². The van der Waals surface area contributed by atoms with Crippen molar-refractivity contribution in [2.45, 2.75) is 36.3 Å². The maximum absolute atomic E-state index is 12.2. The molecule has 5 heteroatoms. The predicted molar refractivity (Wildman–Crippen MR) is 76.5 cm³/mol. The molecular weight excluding hydrogens is 266 g/mol. The molecule has 1 aliphatic heterocycles. The zero-order chi connectivity index (χ0) is 13.0. The van der Waals surface area contributed by atoms with E-state index in [9.17, 15) is 8.42 Å². The average Bonchev–Trinajstić information content (AvgIpc) is 2.38. The lowest BCUT2D eigenvalue weighted by Gasteiger charge is -2.21. The highest BCUT2D eigenvalue weighted by Gasteiger charge is 2.20. The first-order valence-corrected chi connectivity index (χ1v) is 8.80. The van der Waals surface area contributed by atoms with Gasteiger partial charge in [0.2, 0.25) is 10.0 Å². The number of rotatable bonds is 4. The summed E-state index contributed by atoms with van der Waals surface area (Å²) >= 11 is 1.88. The van der Waals surface area contributed by atoms with Gasteiger partial charge in [0.1, 0.15) is 0 Å². The molecule has 3 nitrogen and oxygen atoms in total. The van der Waals surface area contributed by atoms with Gasteiger partial charge in [0.25, 0.3) is 0 Å². The standard InChI is InChI=1S/C13H19NO2S2/c1-11-6-2-3-8-13(11)18(15,16)14-10-12-7-4-5-9-17-12/h2-3,6,8,12,14H,4-5,7,9-10H2,1H3. The molecule has 100 valence electrons. The third-order valence-electron chi connectivity index (χ3n) is 3.16. The van der Waals surface area contributed by atoms with Crippen molar-refractivity contribution in [2.75, 3.05) is 12.3 Å². The molecule has 1 unspecified atom stereocenters. The molecule has 1 fully saturated rings. The van der Waals surface area contributed by atoms with Crippen LogP contribution in [0.3, 0.4) is 0 Å². The molecule has 0 saturated carbocycles. The SMILES string of the molecule is Cc1ccccc1S(=O)(=O)NCC1CCCCS1. The van der Waals surface area contributed by atoms with Crippen LogP contribution in [0.5, 0.6) is 0 Å². The summed E-state index contributed by atoms with van der Waals surface area (Å²) in [7, 11) is -3.35. The van der Waals surface area contributed by atoms with Crippen LogP contribution < -0.4 is 4.72 Å². The Morgan fingerprint density at radius 2 is 2.11 bits per heavy atom. The second-order valence-electron chi connectivity index (χ2n) is 4.61. The van der Waals surface area contributed by atoms with Crippen molar-refractivity contribution >= 4 is 21.8 Å². The van der Waals surface area contributed by atoms with E-state index in [0.29, 0.717) is 16.7 Å². The van der Waals surface area contributed by atoms with Crippen LogP contribution in [0.25, 0.3) is 0 Å². The molecule has 0 aromatic heterocycles. The van der Waals surface area contributed by atoms with Gasteiger partial charge in [0, 0.05) is 11.8 Å². The first kappa shape index (κ1) is 13.9. The molecule has 1 heterocycles. The third-order valence-corrected chi connectivity index (χ3v) is 6.14. The van der Waals surface area contributed by atoms with E-state index in [4.69, 9.17) is 0 Å². The Balaban J connectivity index is 2.01. The van der Waals surface area contributed by atoms with Gasteiger partial charge in [-0.05, 0) is 37.1 Å². The summed E-state index contributed by atoms with van der Waals surface area (Å²) in [5, 5.41) is 0.428. The first-order chi connectivity index (χ1) is 8.59. The minimum absolute atomic E-state index is 0.394. The Bertz CT molecular complexity index is 493. The summed E-state index contributed by atoms with van der Waals surface area (Å²) < 4.78 is 27.1. The van der Waals surface area contributed by atoms with Crippen molar-refractivity contribution in [2.24, 2.45) is 0 Å². The minimum atomic E-state index is -3.35. The number of hydrogen-bond acceptors (Lipinski definition) is 3. The number of hydrogen-bond donors (Lipinski definition) is 1. The van der Waals surface area contributed by atoms with Crippen LogP contribution in [-0.4, -0.2) is 26.0 Å². The normalized spacial score (nSPS) is 20.8. The fraction of sp³-hybridized carbons (Fsp3) is 0.538. The Morgan fingerprint density at radius 3 is 2.78 bits per heavy atom.